The molecule has 0 aliphatic rings. The lowest BCUT2D eigenvalue weighted by molar-refractivity contribution is 0.0655. The van der Waals surface area contributed by atoms with E-state index in [-0.39, 0.29) is 6.10 Å². The molecule has 1 aromatic rings. The first-order valence-electron chi connectivity index (χ1n) is 3.89. The van der Waals surface area contributed by atoms with Crippen molar-refractivity contribution in [2.24, 2.45) is 0 Å². The maximum absolute atomic E-state index is 5.74. The van der Waals surface area contributed by atoms with E-state index < -0.39 is 0 Å². The van der Waals surface area contributed by atoms with Gasteiger partial charge in [0.2, 0.25) is 0 Å². The van der Waals surface area contributed by atoms with Crippen LogP contribution in [-0.4, -0.2) is 11.1 Å². The zero-order chi connectivity index (χ0) is 8.97. The van der Waals surface area contributed by atoms with Crippen LogP contribution in [0.5, 0.6) is 0 Å². The zero-order valence-corrected chi connectivity index (χ0v) is 8.01. The standard InChI is InChI=1S/C9H12ClNO/c1-7(2)12-6-8-3-9(10)5-11-4-8/h3-5,7H,6H2,1-2H3. The van der Waals surface area contributed by atoms with Crippen LogP contribution in [-0.2, 0) is 11.3 Å². The minimum Gasteiger partial charge on any atom is -0.374 e. The van der Waals surface area contributed by atoms with E-state index in [1.165, 1.54) is 0 Å². The highest BCUT2D eigenvalue weighted by molar-refractivity contribution is 6.30. The highest BCUT2D eigenvalue weighted by atomic mass is 35.5. The fraction of sp³-hybridized carbons (Fsp3) is 0.444. The van der Waals surface area contributed by atoms with Gasteiger partial charge in [-0.15, -0.1) is 0 Å². The molecule has 0 aliphatic heterocycles. The Hall–Kier alpha value is -0.600. The lowest BCUT2D eigenvalue weighted by atomic mass is 10.3. The summed E-state index contributed by atoms with van der Waals surface area (Å²) in [6.07, 6.45) is 3.61. The molecular weight excluding hydrogens is 174 g/mol. The SMILES string of the molecule is CC(C)OCc1cncc(Cl)c1. The predicted octanol–water partition coefficient (Wildman–Crippen LogP) is 2.66. The van der Waals surface area contributed by atoms with Gasteiger partial charge in [0.15, 0.2) is 0 Å². The Labute approximate surface area is 77.5 Å². The average Bonchev–Trinajstić information content (AvgIpc) is 2.01. The van der Waals surface area contributed by atoms with Crippen LogP contribution in [0.1, 0.15) is 19.4 Å². The van der Waals surface area contributed by atoms with Gasteiger partial charge in [0.25, 0.3) is 0 Å². The van der Waals surface area contributed by atoms with E-state index in [0.717, 1.165) is 5.56 Å². The normalized spacial score (nSPS) is 10.7. The van der Waals surface area contributed by atoms with Crippen LogP contribution in [0.4, 0.5) is 0 Å². The van der Waals surface area contributed by atoms with Gasteiger partial charge in [0.05, 0.1) is 17.7 Å². The van der Waals surface area contributed by atoms with Crippen molar-refractivity contribution in [2.75, 3.05) is 0 Å². The van der Waals surface area contributed by atoms with Gasteiger partial charge >= 0.3 is 0 Å². The Morgan fingerprint density at radius 2 is 2.25 bits per heavy atom. The molecule has 1 aromatic heterocycles. The van der Waals surface area contributed by atoms with E-state index >= 15 is 0 Å². The van der Waals surface area contributed by atoms with E-state index in [1.807, 2.05) is 19.9 Å². The molecule has 0 aliphatic carbocycles. The smallest absolute Gasteiger partial charge is 0.0735 e. The fourth-order valence-corrected chi connectivity index (χ4v) is 0.994. The summed E-state index contributed by atoms with van der Waals surface area (Å²) in [7, 11) is 0. The highest BCUT2D eigenvalue weighted by Crippen LogP contribution is 2.09. The molecule has 0 bridgehead atoms. The van der Waals surface area contributed by atoms with E-state index in [4.69, 9.17) is 16.3 Å². The van der Waals surface area contributed by atoms with Crippen LogP contribution in [0.2, 0.25) is 5.02 Å². The third-order valence-electron chi connectivity index (χ3n) is 1.34. The molecule has 0 fully saturated rings. The molecule has 1 rings (SSSR count). The van der Waals surface area contributed by atoms with Gasteiger partial charge in [-0.25, -0.2) is 0 Å². The first-order valence-corrected chi connectivity index (χ1v) is 4.27. The zero-order valence-electron chi connectivity index (χ0n) is 7.25. The number of hydrogen-bond donors (Lipinski definition) is 0. The number of nitrogens with zero attached hydrogens (tertiary/aromatic N) is 1. The Morgan fingerprint density at radius 1 is 1.50 bits per heavy atom. The van der Waals surface area contributed by atoms with Gasteiger partial charge in [0, 0.05) is 12.4 Å². The summed E-state index contributed by atoms with van der Waals surface area (Å²) in [5.41, 5.74) is 1.01. The van der Waals surface area contributed by atoms with Gasteiger partial charge in [-0.05, 0) is 25.5 Å². The molecule has 66 valence electrons. The summed E-state index contributed by atoms with van der Waals surface area (Å²) in [6.45, 7) is 4.57. The lowest BCUT2D eigenvalue weighted by Crippen LogP contribution is -2.02. The largest absolute Gasteiger partial charge is 0.374 e. The number of hydrogen-bond acceptors (Lipinski definition) is 2. The molecule has 2 nitrogen and oxygen atoms in total. The first-order chi connectivity index (χ1) is 5.68. The minimum absolute atomic E-state index is 0.240. The van der Waals surface area contributed by atoms with Crippen molar-refractivity contribution in [3.8, 4) is 0 Å². The van der Waals surface area contributed by atoms with E-state index in [9.17, 15) is 0 Å². The summed E-state index contributed by atoms with van der Waals surface area (Å²) in [5.74, 6) is 0. The third kappa shape index (κ3) is 3.20. The maximum atomic E-state index is 5.74. The summed E-state index contributed by atoms with van der Waals surface area (Å²) < 4.78 is 5.38. The number of aromatic nitrogens is 1. The predicted molar refractivity (Wildman–Crippen MR) is 49.2 cm³/mol. The van der Waals surface area contributed by atoms with Crippen molar-refractivity contribution >= 4 is 11.6 Å². The maximum Gasteiger partial charge on any atom is 0.0735 e. The molecular formula is C9H12ClNO. The minimum atomic E-state index is 0.240. The molecule has 0 saturated carbocycles. The molecule has 3 heteroatoms. The molecule has 0 unspecified atom stereocenters. The first kappa shape index (κ1) is 9.49. The summed E-state index contributed by atoms with van der Waals surface area (Å²) >= 11 is 5.74. The second-order valence-electron chi connectivity index (χ2n) is 2.87. The lowest BCUT2D eigenvalue weighted by Gasteiger charge is -2.06. The van der Waals surface area contributed by atoms with Crippen molar-refractivity contribution in [2.45, 2.75) is 26.6 Å². The van der Waals surface area contributed by atoms with Crippen molar-refractivity contribution in [3.05, 3.63) is 29.0 Å². The third-order valence-corrected chi connectivity index (χ3v) is 1.55. The second kappa shape index (κ2) is 4.43. The van der Waals surface area contributed by atoms with Gasteiger partial charge in [-0.3, -0.25) is 4.98 Å². The van der Waals surface area contributed by atoms with Gasteiger partial charge in [-0.1, -0.05) is 11.6 Å². The number of halogens is 1. The molecule has 0 atom stereocenters. The molecule has 0 radical (unpaired) electrons. The molecule has 0 N–H and O–H groups in total. The molecule has 0 aromatic carbocycles. The van der Waals surface area contributed by atoms with Crippen LogP contribution in [0.3, 0.4) is 0 Å². The average molecular weight is 186 g/mol. The van der Waals surface area contributed by atoms with Gasteiger partial charge < -0.3 is 4.74 Å². The molecule has 0 saturated heterocycles. The quantitative estimate of drug-likeness (QED) is 0.723. The van der Waals surface area contributed by atoms with Crippen molar-refractivity contribution in [1.82, 2.24) is 4.98 Å². The van der Waals surface area contributed by atoms with Gasteiger partial charge in [-0.2, -0.15) is 0 Å². The van der Waals surface area contributed by atoms with Crippen LogP contribution >= 0.6 is 11.6 Å². The number of pyridine rings is 1. The Balaban J connectivity index is 2.52. The van der Waals surface area contributed by atoms with E-state index in [2.05, 4.69) is 4.98 Å². The number of rotatable bonds is 3. The Morgan fingerprint density at radius 3 is 2.83 bits per heavy atom. The summed E-state index contributed by atoms with van der Waals surface area (Å²) in [4.78, 5) is 3.95. The molecule has 1 heterocycles. The Bertz CT molecular complexity index is 250. The van der Waals surface area contributed by atoms with Crippen LogP contribution in [0.25, 0.3) is 0 Å². The van der Waals surface area contributed by atoms with Crippen LogP contribution < -0.4 is 0 Å². The molecule has 0 spiro atoms. The van der Waals surface area contributed by atoms with E-state index in [0.29, 0.717) is 11.6 Å². The van der Waals surface area contributed by atoms with Gasteiger partial charge in [0.1, 0.15) is 0 Å². The van der Waals surface area contributed by atoms with Crippen LogP contribution in [0.15, 0.2) is 18.5 Å². The highest BCUT2D eigenvalue weighted by Gasteiger charge is 1.97. The summed E-state index contributed by atoms with van der Waals surface area (Å²) in [5, 5.41) is 0.653. The summed E-state index contributed by atoms with van der Waals surface area (Å²) in [6, 6.07) is 1.86. The van der Waals surface area contributed by atoms with Crippen molar-refractivity contribution in [1.29, 1.82) is 0 Å². The van der Waals surface area contributed by atoms with Crippen molar-refractivity contribution in [3.63, 3.8) is 0 Å². The van der Waals surface area contributed by atoms with Crippen molar-refractivity contribution < 1.29 is 4.74 Å². The Kier molecular flexibility index (Phi) is 3.50. The second-order valence-corrected chi connectivity index (χ2v) is 3.31. The molecule has 12 heavy (non-hydrogen) atoms. The fourth-order valence-electron chi connectivity index (χ4n) is 0.798. The number of ether oxygens (including phenoxy) is 1. The molecule has 0 amide bonds. The van der Waals surface area contributed by atoms with Crippen LogP contribution in [0, 0.1) is 0 Å². The van der Waals surface area contributed by atoms with E-state index in [1.54, 1.807) is 12.4 Å². The topological polar surface area (TPSA) is 22.1 Å². The monoisotopic (exact) mass is 185 g/mol.